The Balaban J connectivity index is 2.11. The standard InChI is InChI=1S/C18H20N4O2S2/c1-11-5-6-13(8-14(11)9-19)15-7-12(2)16(25-15)18(3)10-26(23,24)22(4)17(20)21-18/h5-8H,10H2,1-4H3,(H2,20,21)/t18-/m0/s1. The summed E-state index contributed by atoms with van der Waals surface area (Å²) < 4.78 is 25.9. The van der Waals surface area contributed by atoms with Gasteiger partial charge in [0.15, 0.2) is 0 Å². The molecule has 2 aromatic rings. The Labute approximate surface area is 157 Å². The van der Waals surface area contributed by atoms with Crippen molar-refractivity contribution in [3.8, 4) is 16.5 Å². The normalized spacial score (nSPS) is 22.0. The van der Waals surface area contributed by atoms with Crippen LogP contribution in [0.5, 0.6) is 0 Å². The molecule has 1 aromatic carbocycles. The molecule has 0 amide bonds. The van der Waals surface area contributed by atoms with Crippen molar-refractivity contribution >= 4 is 27.3 Å². The summed E-state index contributed by atoms with van der Waals surface area (Å²) in [5.41, 5.74) is 8.38. The van der Waals surface area contributed by atoms with Crippen LogP contribution in [0.4, 0.5) is 0 Å². The third-order valence-electron chi connectivity index (χ3n) is 4.61. The van der Waals surface area contributed by atoms with Crippen molar-refractivity contribution in [1.82, 2.24) is 4.31 Å². The van der Waals surface area contributed by atoms with Crippen molar-refractivity contribution in [2.24, 2.45) is 10.7 Å². The lowest BCUT2D eigenvalue weighted by Gasteiger charge is -2.34. The fourth-order valence-electron chi connectivity index (χ4n) is 3.12. The molecule has 1 aromatic heterocycles. The molecule has 0 unspecified atom stereocenters. The van der Waals surface area contributed by atoms with E-state index in [1.54, 1.807) is 6.92 Å². The van der Waals surface area contributed by atoms with Crippen LogP contribution >= 0.6 is 11.3 Å². The smallest absolute Gasteiger partial charge is 0.239 e. The van der Waals surface area contributed by atoms with E-state index in [0.717, 1.165) is 30.7 Å². The molecule has 1 aliphatic heterocycles. The zero-order valence-electron chi connectivity index (χ0n) is 15.1. The van der Waals surface area contributed by atoms with Crippen LogP contribution in [0.15, 0.2) is 29.3 Å². The molecule has 0 aliphatic carbocycles. The van der Waals surface area contributed by atoms with Gasteiger partial charge < -0.3 is 5.73 Å². The van der Waals surface area contributed by atoms with Crippen LogP contribution in [0, 0.1) is 25.2 Å². The average molecular weight is 389 g/mol. The van der Waals surface area contributed by atoms with Crippen molar-refractivity contribution < 1.29 is 8.42 Å². The Hall–Kier alpha value is -2.37. The second kappa shape index (κ2) is 6.11. The second-order valence-corrected chi connectivity index (χ2v) is 9.78. The molecule has 136 valence electrons. The van der Waals surface area contributed by atoms with Gasteiger partial charge in [0.05, 0.1) is 17.4 Å². The first kappa shape index (κ1) is 18.4. The van der Waals surface area contributed by atoms with Crippen molar-refractivity contribution in [3.63, 3.8) is 0 Å². The topological polar surface area (TPSA) is 99.6 Å². The zero-order chi connectivity index (χ0) is 19.3. The number of thiophene rings is 1. The van der Waals surface area contributed by atoms with Gasteiger partial charge in [0, 0.05) is 16.8 Å². The van der Waals surface area contributed by atoms with Crippen molar-refractivity contribution in [1.29, 1.82) is 5.26 Å². The van der Waals surface area contributed by atoms with Crippen molar-refractivity contribution in [2.45, 2.75) is 26.3 Å². The van der Waals surface area contributed by atoms with E-state index in [-0.39, 0.29) is 11.7 Å². The summed E-state index contributed by atoms with van der Waals surface area (Å²) in [5, 5.41) is 9.26. The van der Waals surface area contributed by atoms with Crippen LogP contribution in [0.25, 0.3) is 10.4 Å². The van der Waals surface area contributed by atoms with E-state index >= 15 is 0 Å². The molecule has 2 N–H and O–H groups in total. The first-order chi connectivity index (χ1) is 12.1. The summed E-state index contributed by atoms with van der Waals surface area (Å²) in [4.78, 5) is 6.32. The SMILES string of the molecule is Cc1ccc(-c2cc(C)c([C@]3(C)CS(=O)(=O)N(C)C(N)=N3)s2)cc1C#N. The highest BCUT2D eigenvalue weighted by atomic mass is 32.2. The van der Waals surface area contributed by atoms with Crippen LogP contribution in [0.3, 0.4) is 0 Å². The van der Waals surface area contributed by atoms with Gasteiger partial charge in [0.1, 0.15) is 5.54 Å². The van der Waals surface area contributed by atoms with Gasteiger partial charge in [-0.1, -0.05) is 12.1 Å². The van der Waals surface area contributed by atoms with Crippen molar-refractivity contribution in [2.75, 3.05) is 12.8 Å². The number of aryl methyl sites for hydroxylation is 2. The third-order valence-corrected chi connectivity index (χ3v) is 8.10. The molecule has 0 saturated carbocycles. The molecular weight excluding hydrogens is 368 g/mol. The minimum Gasteiger partial charge on any atom is -0.369 e. The predicted octanol–water partition coefficient (Wildman–Crippen LogP) is 2.71. The van der Waals surface area contributed by atoms with E-state index in [1.807, 2.05) is 38.1 Å². The Morgan fingerprint density at radius 3 is 2.62 bits per heavy atom. The van der Waals surface area contributed by atoms with Crippen LogP contribution in [-0.2, 0) is 15.6 Å². The van der Waals surface area contributed by atoms with Gasteiger partial charge in [-0.2, -0.15) is 5.26 Å². The minimum atomic E-state index is -3.51. The first-order valence-electron chi connectivity index (χ1n) is 8.01. The van der Waals surface area contributed by atoms with E-state index < -0.39 is 15.6 Å². The van der Waals surface area contributed by atoms with Gasteiger partial charge >= 0.3 is 0 Å². The van der Waals surface area contributed by atoms with Crippen LogP contribution in [0.2, 0.25) is 0 Å². The van der Waals surface area contributed by atoms with E-state index in [2.05, 4.69) is 11.1 Å². The molecule has 1 atom stereocenters. The molecule has 26 heavy (non-hydrogen) atoms. The lowest BCUT2D eigenvalue weighted by Crippen LogP contribution is -2.50. The van der Waals surface area contributed by atoms with Crippen molar-refractivity contribution in [3.05, 3.63) is 45.8 Å². The quantitative estimate of drug-likeness (QED) is 0.855. The number of hydrogen-bond donors (Lipinski definition) is 1. The fraction of sp³-hybridized carbons (Fsp3) is 0.333. The van der Waals surface area contributed by atoms with Gasteiger partial charge in [-0.05, 0) is 49.6 Å². The number of sulfonamides is 1. The molecule has 0 saturated heterocycles. The van der Waals surface area contributed by atoms with Gasteiger partial charge in [0.25, 0.3) is 0 Å². The van der Waals surface area contributed by atoms with Gasteiger partial charge in [-0.25, -0.2) is 17.7 Å². The minimum absolute atomic E-state index is 0.00444. The molecule has 1 aliphatic rings. The Morgan fingerprint density at radius 2 is 2.00 bits per heavy atom. The van der Waals surface area contributed by atoms with Crippen LogP contribution in [-0.4, -0.2) is 31.5 Å². The maximum absolute atomic E-state index is 12.4. The van der Waals surface area contributed by atoms with E-state index in [9.17, 15) is 13.7 Å². The predicted molar refractivity (Wildman–Crippen MR) is 104 cm³/mol. The van der Waals surface area contributed by atoms with Crippen LogP contribution in [0.1, 0.15) is 28.5 Å². The number of rotatable bonds is 2. The highest BCUT2D eigenvalue weighted by molar-refractivity contribution is 7.89. The Kier molecular flexibility index (Phi) is 4.33. The number of nitriles is 1. The lowest BCUT2D eigenvalue weighted by atomic mass is 9.99. The number of nitrogens with two attached hydrogens (primary N) is 1. The molecule has 6 nitrogen and oxygen atoms in total. The first-order valence-corrected chi connectivity index (χ1v) is 10.4. The second-order valence-electron chi connectivity index (χ2n) is 6.73. The average Bonchev–Trinajstić information content (AvgIpc) is 2.95. The summed E-state index contributed by atoms with van der Waals surface area (Å²) in [6.07, 6.45) is 0. The summed E-state index contributed by atoms with van der Waals surface area (Å²) in [6, 6.07) is 9.95. The molecule has 0 bridgehead atoms. The molecule has 0 spiro atoms. The number of nitrogens with zero attached hydrogens (tertiary/aromatic N) is 3. The summed E-state index contributed by atoms with van der Waals surface area (Å²) in [7, 11) is -2.10. The largest absolute Gasteiger partial charge is 0.369 e. The van der Waals surface area contributed by atoms with Gasteiger partial charge in [0.2, 0.25) is 16.0 Å². The van der Waals surface area contributed by atoms with E-state index in [0.29, 0.717) is 5.56 Å². The highest BCUT2D eigenvalue weighted by Gasteiger charge is 2.42. The molecule has 3 rings (SSSR count). The number of benzene rings is 1. The maximum Gasteiger partial charge on any atom is 0.239 e. The Morgan fingerprint density at radius 1 is 1.31 bits per heavy atom. The number of hydrogen-bond acceptors (Lipinski definition) is 6. The third kappa shape index (κ3) is 2.97. The van der Waals surface area contributed by atoms with E-state index in [1.165, 1.54) is 18.4 Å². The number of guanidine groups is 1. The number of aliphatic imine (C=N–C) groups is 1. The van der Waals surface area contributed by atoms with Crippen LogP contribution < -0.4 is 5.73 Å². The molecule has 0 radical (unpaired) electrons. The summed E-state index contributed by atoms with van der Waals surface area (Å²) in [6.45, 7) is 5.63. The highest BCUT2D eigenvalue weighted by Crippen LogP contribution is 2.42. The Bertz CT molecular complexity index is 1060. The summed E-state index contributed by atoms with van der Waals surface area (Å²) >= 11 is 1.49. The molecule has 0 fully saturated rings. The summed E-state index contributed by atoms with van der Waals surface area (Å²) in [5.74, 6) is -0.134. The lowest BCUT2D eigenvalue weighted by molar-refractivity contribution is 0.481. The van der Waals surface area contributed by atoms with Gasteiger partial charge in [-0.3, -0.25) is 0 Å². The van der Waals surface area contributed by atoms with Gasteiger partial charge in [-0.15, -0.1) is 11.3 Å². The van der Waals surface area contributed by atoms with E-state index in [4.69, 9.17) is 5.73 Å². The zero-order valence-corrected chi connectivity index (χ0v) is 16.7. The maximum atomic E-state index is 12.4. The molecular formula is C18H20N4O2S2. The monoisotopic (exact) mass is 388 g/mol. The molecule has 2 heterocycles. The fourth-order valence-corrected chi connectivity index (χ4v) is 5.91. The molecule has 8 heteroatoms.